The molecule has 0 aliphatic carbocycles. The number of thioether (sulfide) groups is 1. The van der Waals surface area contributed by atoms with E-state index < -0.39 is 5.82 Å². The van der Waals surface area contributed by atoms with Gasteiger partial charge in [-0.15, -0.1) is 0 Å². The summed E-state index contributed by atoms with van der Waals surface area (Å²) in [7, 11) is 0. The first kappa shape index (κ1) is 23.2. The van der Waals surface area contributed by atoms with Crippen LogP contribution in [0, 0.1) is 5.82 Å². The zero-order valence-corrected chi connectivity index (χ0v) is 19.4. The van der Waals surface area contributed by atoms with Gasteiger partial charge in [0.1, 0.15) is 10.1 Å². The Hall–Kier alpha value is -2.51. The Morgan fingerprint density at radius 2 is 1.77 bits per heavy atom. The van der Waals surface area contributed by atoms with Crippen LogP contribution in [0.5, 0.6) is 0 Å². The van der Waals surface area contributed by atoms with Gasteiger partial charge in [-0.1, -0.05) is 72.5 Å². The van der Waals surface area contributed by atoms with Crippen LogP contribution in [0.1, 0.15) is 38.3 Å². The molecule has 0 spiro atoms. The summed E-state index contributed by atoms with van der Waals surface area (Å²) in [5, 5.41) is 0. The number of thiocarbonyl (C=S) groups is 1. The second kappa shape index (κ2) is 9.75. The van der Waals surface area contributed by atoms with E-state index in [0.717, 1.165) is 17.3 Å². The second-order valence-corrected chi connectivity index (χ2v) is 9.92. The molecule has 0 aromatic heterocycles. The molecule has 0 N–H and O–H groups in total. The van der Waals surface area contributed by atoms with Crippen LogP contribution in [0.15, 0.2) is 59.5 Å². The zero-order valence-electron chi connectivity index (χ0n) is 17.8. The summed E-state index contributed by atoms with van der Waals surface area (Å²) in [4.78, 5) is 29.5. The summed E-state index contributed by atoms with van der Waals surface area (Å²) in [5.41, 5.74) is 1.01. The van der Waals surface area contributed by atoms with E-state index in [1.54, 1.807) is 18.2 Å². The summed E-state index contributed by atoms with van der Waals surface area (Å²) < 4.78 is 14.3. The average Bonchev–Trinajstić information content (AvgIpc) is 2.98. The van der Waals surface area contributed by atoms with Crippen molar-refractivity contribution in [3.05, 3.63) is 76.4 Å². The van der Waals surface area contributed by atoms with Gasteiger partial charge in [-0.2, -0.15) is 0 Å². The van der Waals surface area contributed by atoms with Crippen LogP contribution >= 0.6 is 24.0 Å². The fourth-order valence-corrected chi connectivity index (χ4v) is 4.53. The molecule has 2 amide bonds. The van der Waals surface area contributed by atoms with Crippen molar-refractivity contribution in [3.8, 4) is 0 Å². The Labute approximate surface area is 192 Å². The Morgan fingerprint density at radius 3 is 2.42 bits per heavy atom. The molecule has 1 saturated heterocycles. The van der Waals surface area contributed by atoms with Crippen LogP contribution in [0.3, 0.4) is 0 Å². The number of hydrogen-bond donors (Lipinski definition) is 0. The third kappa shape index (κ3) is 5.80. The molecule has 0 atom stereocenters. The molecular formula is C24H25FN2O2S2. The molecule has 1 aliphatic heterocycles. The average molecular weight is 457 g/mol. The molecule has 3 rings (SSSR count). The fraction of sp³-hybridized carbons (Fsp3) is 0.292. The molecule has 7 heteroatoms. The minimum absolute atomic E-state index is 0.0523. The highest BCUT2D eigenvalue weighted by Gasteiger charge is 2.33. The Morgan fingerprint density at radius 1 is 1.13 bits per heavy atom. The van der Waals surface area contributed by atoms with Gasteiger partial charge >= 0.3 is 0 Å². The monoisotopic (exact) mass is 456 g/mol. The largest absolute Gasteiger partial charge is 0.333 e. The maximum atomic E-state index is 13.9. The molecular weight excluding hydrogens is 431 g/mol. The number of carbonyl (C=O) groups excluding carboxylic acids is 2. The predicted octanol–water partition coefficient (Wildman–Crippen LogP) is 5.24. The van der Waals surface area contributed by atoms with Crippen LogP contribution < -0.4 is 0 Å². The second-order valence-electron chi connectivity index (χ2n) is 8.24. The van der Waals surface area contributed by atoms with Crippen LogP contribution in [-0.2, 0) is 16.1 Å². The Bertz CT molecular complexity index is 1020. The van der Waals surface area contributed by atoms with Crippen molar-refractivity contribution in [2.45, 2.75) is 39.3 Å². The zero-order chi connectivity index (χ0) is 22.6. The number of nitrogens with zero attached hydrogens (tertiary/aromatic N) is 2. The molecule has 0 unspecified atom stereocenters. The SMILES string of the molecule is CC(C)(C)N(Cc1ccccc1)C(=O)CCN1C(=O)/C(=C\c2ccccc2F)SC1=S. The van der Waals surface area contributed by atoms with Crippen LogP contribution in [0.4, 0.5) is 4.39 Å². The smallest absolute Gasteiger partial charge is 0.266 e. The van der Waals surface area contributed by atoms with Gasteiger partial charge in [0.05, 0.1) is 4.91 Å². The highest BCUT2D eigenvalue weighted by molar-refractivity contribution is 8.26. The molecule has 1 aliphatic rings. The van der Waals surface area contributed by atoms with Gasteiger partial charge in [0.25, 0.3) is 5.91 Å². The highest BCUT2D eigenvalue weighted by atomic mass is 32.2. The van der Waals surface area contributed by atoms with Crippen molar-refractivity contribution in [1.29, 1.82) is 0 Å². The molecule has 0 bridgehead atoms. The van der Waals surface area contributed by atoms with Gasteiger partial charge in [0.15, 0.2) is 0 Å². The number of carbonyl (C=O) groups is 2. The lowest BCUT2D eigenvalue weighted by molar-refractivity contribution is -0.137. The number of amides is 2. The normalized spacial score (nSPS) is 15.6. The van der Waals surface area contributed by atoms with E-state index in [1.807, 2.05) is 56.0 Å². The Kier molecular flexibility index (Phi) is 7.28. The van der Waals surface area contributed by atoms with Gasteiger partial charge in [0, 0.05) is 30.6 Å². The van der Waals surface area contributed by atoms with Crippen LogP contribution in [0.2, 0.25) is 0 Å². The highest BCUT2D eigenvalue weighted by Crippen LogP contribution is 2.33. The summed E-state index contributed by atoms with van der Waals surface area (Å²) in [6.07, 6.45) is 1.66. The first-order valence-electron chi connectivity index (χ1n) is 10.0. The van der Waals surface area contributed by atoms with Crippen molar-refractivity contribution >= 4 is 46.2 Å². The molecule has 1 heterocycles. The van der Waals surface area contributed by atoms with Crippen molar-refractivity contribution in [3.63, 3.8) is 0 Å². The number of benzene rings is 2. The third-order valence-corrected chi connectivity index (χ3v) is 6.29. The lowest BCUT2D eigenvalue weighted by atomic mass is 10.0. The van der Waals surface area contributed by atoms with Crippen molar-refractivity contribution in [2.24, 2.45) is 0 Å². The molecule has 0 radical (unpaired) electrons. The van der Waals surface area contributed by atoms with E-state index in [4.69, 9.17) is 12.2 Å². The summed E-state index contributed by atoms with van der Waals surface area (Å²) in [6.45, 7) is 6.66. The predicted molar refractivity (Wildman–Crippen MR) is 128 cm³/mol. The molecule has 1 fully saturated rings. The lowest BCUT2D eigenvalue weighted by Gasteiger charge is -2.36. The van der Waals surface area contributed by atoms with Gasteiger partial charge < -0.3 is 4.90 Å². The molecule has 0 saturated carbocycles. The fourth-order valence-electron chi connectivity index (χ4n) is 3.23. The van der Waals surface area contributed by atoms with Gasteiger partial charge in [-0.3, -0.25) is 14.5 Å². The van der Waals surface area contributed by atoms with Crippen LogP contribution in [-0.4, -0.2) is 38.0 Å². The minimum atomic E-state index is -0.398. The molecule has 2 aromatic carbocycles. The molecule has 2 aromatic rings. The minimum Gasteiger partial charge on any atom is -0.333 e. The molecule has 162 valence electrons. The quantitative estimate of drug-likeness (QED) is 0.440. The molecule has 4 nitrogen and oxygen atoms in total. The first-order valence-corrected chi connectivity index (χ1v) is 11.2. The van der Waals surface area contributed by atoms with Gasteiger partial charge in [-0.05, 0) is 38.5 Å². The number of hydrogen-bond acceptors (Lipinski definition) is 4. The Balaban J connectivity index is 1.69. The van der Waals surface area contributed by atoms with E-state index in [2.05, 4.69) is 0 Å². The topological polar surface area (TPSA) is 40.6 Å². The van der Waals surface area contributed by atoms with E-state index in [-0.39, 0.29) is 30.3 Å². The van der Waals surface area contributed by atoms with Crippen molar-refractivity contribution in [1.82, 2.24) is 9.80 Å². The molecule has 31 heavy (non-hydrogen) atoms. The van der Waals surface area contributed by atoms with Crippen molar-refractivity contribution in [2.75, 3.05) is 6.54 Å². The van der Waals surface area contributed by atoms with Crippen LogP contribution in [0.25, 0.3) is 6.08 Å². The summed E-state index contributed by atoms with van der Waals surface area (Å²) in [6, 6.07) is 16.1. The van der Waals surface area contributed by atoms with Crippen molar-refractivity contribution < 1.29 is 14.0 Å². The van der Waals surface area contributed by atoms with Gasteiger partial charge in [-0.25, -0.2) is 4.39 Å². The first-order chi connectivity index (χ1) is 14.7. The number of rotatable bonds is 6. The van der Waals surface area contributed by atoms with E-state index in [1.165, 1.54) is 17.0 Å². The van der Waals surface area contributed by atoms with E-state index in [9.17, 15) is 14.0 Å². The summed E-state index contributed by atoms with van der Waals surface area (Å²) >= 11 is 6.48. The number of halogens is 1. The standard InChI is InChI=1S/C24H25FN2O2S2/c1-24(2,3)27(16-17-9-5-4-6-10-17)21(28)13-14-26-22(29)20(31-23(26)30)15-18-11-7-8-12-19(18)25/h4-12,15H,13-14,16H2,1-3H3/b20-15+. The van der Waals surface area contributed by atoms with Gasteiger partial charge in [0.2, 0.25) is 5.91 Å². The van der Waals surface area contributed by atoms with E-state index >= 15 is 0 Å². The summed E-state index contributed by atoms with van der Waals surface area (Å²) in [5.74, 6) is -0.746. The van der Waals surface area contributed by atoms with E-state index in [0.29, 0.717) is 21.3 Å². The maximum Gasteiger partial charge on any atom is 0.266 e. The lowest BCUT2D eigenvalue weighted by Crippen LogP contribution is -2.46. The third-order valence-electron chi connectivity index (χ3n) is 4.91. The maximum absolute atomic E-state index is 13.9.